The van der Waals surface area contributed by atoms with Crippen molar-refractivity contribution in [3.63, 3.8) is 0 Å². The molecule has 9 nitrogen and oxygen atoms in total. The molecule has 0 aliphatic carbocycles. The molecule has 46 heavy (non-hydrogen) atoms. The van der Waals surface area contributed by atoms with Gasteiger partial charge in [0.15, 0.2) is 0 Å². The third kappa shape index (κ3) is 12.4. The molecule has 3 rings (SSSR count). The van der Waals surface area contributed by atoms with Gasteiger partial charge in [-0.15, -0.1) is 0 Å². The minimum Gasteiger partial charge on any atom is -0.444 e. The zero-order valence-corrected chi connectivity index (χ0v) is 28.6. The summed E-state index contributed by atoms with van der Waals surface area (Å²) in [7, 11) is 1.94. The van der Waals surface area contributed by atoms with Crippen molar-refractivity contribution in [2.75, 3.05) is 20.1 Å². The van der Waals surface area contributed by atoms with Gasteiger partial charge >= 0.3 is 6.09 Å². The van der Waals surface area contributed by atoms with E-state index in [1.54, 1.807) is 20.8 Å². The summed E-state index contributed by atoms with van der Waals surface area (Å²) < 4.78 is 5.51. The smallest absolute Gasteiger partial charge is 0.407 e. The number of rotatable bonds is 15. The van der Waals surface area contributed by atoms with Crippen molar-refractivity contribution in [2.45, 2.75) is 109 Å². The van der Waals surface area contributed by atoms with Gasteiger partial charge in [-0.05, 0) is 89.8 Å². The molecule has 0 bridgehead atoms. The number of aliphatic hydroxyl groups is 1. The Bertz CT molecular complexity index is 1210. The molecule has 9 heteroatoms. The van der Waals surface area contributed by atoms with Crippen molar-refractivity contribution < 1.29 is 24.2 Å². The Balaban J connectivity index is 1.78. The fraction of sp³-hybridized carbons (Fsp3) is 0.595. The van der Waals surface area contributed by atoms with E-state index in [4.69, 9.17) is 4.74 Å². The number of likely N-dealkylation sites (tertiary alicyclic amines) is 1. The Hall–Kier alpha value is -3.43. The van der Waals surface area contributed by atoms with Gasteiger partial charge in [0, 0.05) is 25.0 Å². The van der Waals surface area contributed by atoms with Gasteiger partial charge < -0.3 is 30.7 Å². The van der Waals surface area contributed by atoms with Crippen molar-refractivity contribution >= 4 is 17.9 Å². The van der Waals surface area contributed by atoms with Crippen molar-refractivity contribution in [1.82, 2.24) is 20.9 Å². The predicted octanol–water partition coefficient (Wildman–Crippen LogP) is 4.86. The Kier molecular flexibility index (Phi) is 14.5. The van der Waals surface area contributed by atoms with Crippen LogP contribution in [0.3, 0.4) is 0 Å². The molecule has 2 aromatic rings. The fourth-order valence-electron chi connectivity index (χ4n) is 5.99. The topological polar surface area (TPSA) is 120 Å². The van der Waals surface area contributed by atoms with Crippen LogP contribution in [-0.4, -0.2) is 77.9 Å². The van der Waals surface area contributed by atoms with Gasteiger partial charge in [-0.1, -0.05) is 74.5 Å². The van der Waals surface area contributed by atoms with Crippen LogP contribution in [0.4, 0.5) is 4.79 Å². The van der Waals surface area contributed by atoms with E-state index in [1.165, 1.54) is 5.56 Å². The summed E-state index contributed by atoms with van der Waals surface area (Å²) in [6, 6.07) is 18.8. The van der Waals surface area contributed by atoms with E-state index >= 15 is 0 Å². The lowest BCUT2D eigenvalue weighted by Gasteiger charge is -2.36. The number of aryl methyl sites for hydroxylation is 1. The second-order valence-corrected chi connectivity index (χ2v) is 13.9. The first-order valence-electron chi connectivity index (χ1n) is 16.9. The van der Waals surface area contributed by atoms with Crippen LogP contribution in [-0.2, 0) is 27.2 Å². The third-order valence-electron chi connectivity index (χ3n) is 8.67. The van der Waals surface area contributed by atoms with E-state index in [1.807, 2.05) is 74.3 Å². The third-order valence-corrected chi connectivity index (χ3v) is 8.67. The Morgan fingerprint density at radius 3 is 2.07 bits per heavy atom. The van der Waals surface area contributed by atoms with Crippen LogP contribution in [0.5, 0.6) is 0 Å². The van der Waals surface area contributed by atoms with Gasteiger partial charge in [0.1, 0.15) is 11.6 Å². The predicted molar refractivity (Wildman–Crippen MR) is 182 cm³/mol. The summed E-state index contributed by atoms with van der Waals surface area (Å²) in [6.07, 6.45) is 2.64. The minimum atomic E-state index is -1.03. The van der Waals surface area contributed by atoms with Gasteiger partial charge in [0.2, 0.25) is 11.8 Å². The van der Waals surface area contributed by atoms with Crippen LogP contribution in [0.2, 0.25) is 0 Å². The van der Waals surface area contributed by atoms with Crippen molar-refractivity contribution in [3.05, 3.63) is 71.8 Å². The number of aliphatic hydroxyl groups excluding tert-OH is 1. The first-order chi connectivity index (χ1) is 21.9. The maximum atomic E-state index is 14.0. The molecule has 254 valence electrons. The zero-order chi connectivity index (χ0) is 33.7. The van der Waals surface area contributed by atoms with Crippen LogP contribution in [0.15, 0.2) is 60.7 Å². The second kappa shape index (κ2) is 18.0. The normalized spacial score (nSPS) is 16.7. The number of benzene rings is 2. The van der Waals surface area contributed by atoms with Crippen molar-refractivity contribution in [3.8, 4) is 0 Å². The van der Waals surface area contributed by atoms with Gasteiger partial charge in [-0.3, -0.25) is 9.59 Å². The molecule has 0 unspecified atom stereocenters. The SMILES string of the molecule is CNC1CCN(C(=O)[C@@H](NC(=O)[C@@H](CCCc2ccccc2)C[C@H](O)[C@H](Cc2ccccc2)NC(=O)OC(C)(C)C)C(C)C)CC1. The van der Waals surface area contributed by atoms with Gasteiger partial charge in [0.25, 0.3) is 0 Å². The molecule has 0 saturated carbocycles. The molecular weight excluding hydrogens is 580 g/mol. The average molecular weight is 637 g/mol. The maximum Gasteiger partial charge on any atom is 0.407 e. The lowest BCUT2D eigenvalue weighted by Crippen LogP contribution is -2.55. The average Bonchev–Trinajstić information content (AvgIpc) is 3.02. The number of hydrogen-bond donors (Lipinski definition) is 4. The van der Waals surface area contributed by atoms with Crippen LogP contribution in [0.25, 0.3) is 0 Å². The molecule has 1 saturated heterocycles. The van der Waals surface area contributed by atoms with E-state index in [0.29, 0.717) is 32.0 Å². The minimum absolute atomic E-state index is 0.0602. The number of nitrogens with zero attached hydrogens (tertiary/aromatic N) is 1. The number of hydrogen-bond acceptors (Lipinski definition) is 6. The maximum absolute atomic E-state index is 14.0. The van der Waals surface area contributed by atoms with Gasteiger partial charge in [-0.25, -0.2) is 4.79 Å². The Labute approximate surface area is 275 Å². The van der Waals surface area contributed by atoms with E-state index in [9.17, 15) is 19.5 Å². The van der Waals surface area contributed by atoms with E-state index in [2.05, 4.69) is 28.1 Å². The molecule has 0 aromatic heterocycles. The van der Waals surface area contributed by atoms with Crippen molar-refractivity contribution in [1.29, 1.82) is 0 Å². The molecule has 1 heterocycles. The fourth-order valence-corrected chi connectivity index (χ4v) is 5.99. The Morgan fingerprint density at radius 1 is 0.935 bits per heavy atom. The Morgan fingerprint density at radius 2 is 1.52 bits per heavy atom. The molecule has 1 aliphatic heterocycles. The zero-order valence-electron chi connectivity index (χ0n) is 28.6. The molecule has 0 spiro atoms. The van der Waals surface area contributed by atoms with E-state index in [-0.39, 0.29) is 24.2 Å². The first-order valence-corrected chi connectivity index (χ1v) is 16.9. The number of ether oxygens (including phenoxy) is 1. The number of piperidine rings is 1. The summed E-state index contributed by atoms with van der Waals surface area (Å²) in [5.41, 5.74) is 1.42. The lowest BCUT2D eigenvalue weighted by molar-refractivity contribution is -0.140. The van der Waals surface area contributed by atoms with Crippen LogP contribution in [0.1, 0.15) is 77.8 Å². The molecule has 3 amide bonds. The lowest BCUT2D eigenvalue weighted by atomic mass is 9.88. The quantitative estimate of drug-likeness (QED) is 0.222. The molecule has 2 aromatic carbocycles. The standard InChI is InChI=1S/C37H56N4O5/c1-26(2)33(35(44)41-22-20-30(38-6)21-23-41)40-34(43)29(19-13-18-27-14-9-7-10-15-27)25-32(42)31(24-28-16-11-8-12-17-28)39-36(45)46-37(3,4)5/h7-12,14-17,26,29-33,38,42H,13,18-25H2,1-6H3,(H,39,45)(H,40,43)/t29-,31-,32-,33-/m0/s1. The highest BCUT2D eigenvalue weighted by molar-refractivity contribution is 5.88. The highest BCUT2D eigenvalue weighted by Gasteiger charge is 2.34. The van der Waals surface area contributed by atoms with Gasteiger partial charge in [0.05, 0.1) is 12.1 Å². The van der Waals surface area contributed by atoms with Crippen LogP contribution >= 0.6 is 0 Å². The molecule has 0 radical (unpaired) electrons. The van der Waals surface area contributed by atoms with Crippen LogP contribution < -0.4 is 16.0 Å². The molecule has 4 atom stereocenters. The van der Waals surface area contributed by atoms with E-state index < -0.39 is 35.8 Å². The summed E-state index contributed by atoms with van der Waals surface area (Å²) in [6.45, 7) is 10.6. The number of carbonyl (C=O) groups is 3. The molecular formula is C37H56N4O5. The molecule has 4 N–H and O–H groups in total. The summed E-state index contributed by atoms with van der Waals surface area (Å²) in [4.78, 5) is 42.3. The van der Waals surface area contributed by atoms with Gasteiger partial charge in [-0.2, -0.15) is 0 Å². The number of alkyl carbamates (subject to hydrolysis) is 1. The monoisotopic (exact) mass is 636 g/mol. The first kappa shape index (κ1) is 37.0. The van der Waals surface area contributed by atoms with E-state index in [0.717, 1.165) is 31.2 Å². The summed E-state index contributed by atoms with van der Waals surface area (Å²) >= 11 is 0. The van der Waals surface area contributed by atoms with Crippen molar-refractivity contribution in [2.24, 2.45) is 11.8 Å². The second-order valence-electron chi connectivity index (χ2n) is 13.9. The number of carbonyl (C=O) groups excluding carboxylic acids is 3. The highest BCUT2D eigenvalue weighted by atomic mass is 16.6. The molecule has 1 fully saturated rings. The summed E-state index contributed by atoms with van der Waals surface area (Å²) in [5, 5.41) is 20.9. The van der Waals surface area contributed by atoms with Crippen LogP contribution in [0, 0.1) is 11.8 Å². The summed E-state index contributed by atoms with van der Waals surface area (Å²) in [5.74, 6) is -0.982. The highest BCUT2D eigenvalue weighted by Crippen LogP contribution is 2.22. The number of amides is 3. The molecule has 1 aliphatic rings. The largest absolute Gasteiger partial charge is 0.444 e. The number of nitrogens with one attached hydrogen (secondary N) is 3.